The highest BCUT2D eigenvalue weighted by Gasteiger charge is 2.30. The second kappa shape index (κ2) is 7.30. The summed E-state index contributed by atoms with van der Waals surface area (Å²) in [5.41, 5.74) is 0.532. The van der Waals surface area contributed by atoms with Gasteiger partial charge in [0.15, 0.2) is 5.82 Å². The molecule has 2 aromatic rings. The summed E-state index contributed by atoms with van der Waals surface area (Å²) >= 11 is 12.3. The molecule has 1 amide bonds. The van der Waals surface area contributed by atoms with Gasteiger partial charge >= 0.3 is 0 Å². The largest absolute Gasteiger partial charge is 0.315 e. The van der Waals surface area contributed by atoms with Gasteiger partial charge in [-0.25, -0.2) is 4.98 Å². The van der Waals surface area contributed by atoms with Crippen LogP contribution in [0.4, 0.5) is 5.82 Å². The van der Waals surface area contributed by atoms with Gasteiger partial charge in [-0.2, -0.15) is 0 Å². The van der Waals surface area contributed by atoms with E-state index < -0.39 is 0 Å². The molecule has 0 unspecified atom stereocenters. The molecular formula is C17H17Cl2N3O. The predicted octanol–water partition coefficient (Wildman–Crippen LogP) is 3.79. The number of carbonyl (C=O) groups excluding carboxylic acids is 1. The highest BCUT2D eigenvalue weighted by Crippen LogP contribution is 2.28. The lowest BCUT2D eigenvalue weighted by atomic mass is 10.0. The van der Waals surface area contributed by atoms with Crippen molar-refractivity contribution in [3.63, 3.8) is 0 Å². The van der Waals surface area contributed by atoms with Crippen LogP contribution in [0, 0.1) is 0 Å². The third-order valence-corrected chi connectivity index (χ3v) is 4.42. The lowest BCUT2D eigenvalue weighted by molar-refractivity contribution is 0.0971. The number of halogens is 2. The number of piperidine rings is 1. The third kappa shape index (κ3) is 3.66. The maximum absolute atomic E-state index is 13.1. The summed E-state index contributed by atoms with van der Waals surface area (Å²) in [6.07, 6.45) is 3.57. The van der Waals surface area contributed by atoms with Gasteiger partial charge in [0, 0.05) is 23.3 Å². The van der Waals surface area contributed by atoms with Crippen LogP contribution in [-0.2, 0) is 0 Å². The molecular weight excluding hydrogens is 333 g/mol. The Kier molecular flexibility index (Phi) is 5.16. The first-order valence-electron chi connectivity index (χ1n) is 7.57. The lowest BCUT2D eigenvalue weighted by Crippen LogP contribution is -2.49. The van der Waals surface area contributed by atoms with Crippen LogP contribution in [-0.4, -0.2) is 30.0 Å². The van der Waals surface area contributed by atoms with Crippen LogP contribution in [0.1, 0.15) is 23.2 Å². The zero-order valence-corrected chi connectivity index (χ0v) is 14.0. The molecule has 1 fully saturated rings. The second-order valence-electron chi connectivity index (χ2n) is 5.49. The molecule has 1 aliphatic heterocycles. The number of nitrogens with one attached hydrogen (secondary N) is 1. The molecule has 0 saturated carbocycles. The summed E-state index contributed by atoms with van der Waals surface area (Å²) in [4.78, 5) is 19.1. The SMILES string of the molecule is O=C(c1cccc(Cl)c1)N(c1ncccc1Cl)[C@@H]1CCCNC1. The van der Waals surface area contributed by atoms with Crippen molar-refractivity contribution in [1.29, 1.82) is 0 Å². The number of hydrogen-bond acceptors (Lipinski definition) is 3. The Morgan fingerprint density at radius 2 is 2.13 bits per heavy atom. The van der Waals surface area contributed by atoms with E-state index in [2.05, 4.69) is 10.3 Å². The predicted molar refractivity (Wildman–Crippen MR) is 93.4 cm³/mol. The fourth-order valence-corrected chi connectivity index (χ4v) is 3.21. The van der Waals surface area contributed by atoms with Gasteiger partial charge in [-0.3, -0.25) is 9.69 Å². The summed E-state index contributed by atoms with van der Waals surface area (Å²) in [5, 5.41) is 4.33. The van der Waals surface area contributed by atoms with Gasteiger partial charge in [0.05, 0.1) is 11.1 Å². The Morgan fingerprint density at radius 1 is 1.26 bits per heavy atom. The molecule has 1 atom stereocenters. The van der Waals surface area contributed by atoms with E-state index in [0.29, 0.717) is 21.4 Å². The zero-order valence-electron chi connectivity index (χ0n) is 12.5. The van der Waals surface area contributed by atoms with Crippen LogP contribution in [0.2, 0.25) is 10.0 Å². The van der Waals surface area contributed by atoms with E-state index in [4.69, 9.17) is 23.2 Å². The number of aromatic nitrogens is 1. The van der Waals surface area contributed by atoms with E-state index in [0.717, 1.165) is 25.9 Å². The van der Waals surface area contributed by atoms with E-state index in [9.17, 15) is 4.79 Å². The van der Waals surface area contributed by atoms with Crippen LogP contribution in [0.5, 0.6) is 0 Å². The Bertz CT molecular complexity index is 702. The van der Waals surface area contributed by atoms with E-state index in [1.54, 1.807) is 47.5 Å². The number of benzene rings is 1. The van der Waals surface area contributed by atoms with Gasteiger partial charge in [-0.1, -0.05) is 29.3 Å². The lowest BCUT2D eigenvalue weighted by Gasteiger charge is -2.34. The monoisotopic (exact) mass is 349 g/mol. The van der Waals surface area contributed by atoms with Crippen molar-refractivity contribution < 1.29 is 4.79 Å². The molecule has 6 heteroatoms. The minimum atomic E-state index is -0.137. The van der Waals surface area contributed by atoms with E-state index >= 15 is 0 Å². The molecule has 2 heterocycles. The fourth-order valence-electron chi connectivity index (χ4n) is 2.80. The molecule has 1 aromatic carbocycles. The minimum Gasteiger partial charge on any atom is -0.315 e. The van der Waals surface area contributed by atoms with Gasteiger partial charge < -0.3 is 5.32 Å². The second-order valence-corrected chi connectivity index (χ2v) is 6.34. The van der Waals surface area contributed by atoms with Crippen molar-refractivity contribution in [3.8, 4) is 0 Å². The van der Waals surface area contributed by atoms with E-state index in [-0.39, 0.29) is 11.9 Å². The maximum Gasteiger partial charge on any atom is 0.259 e. The van der Waals surface area contributed by atoms with Gasteiger partial charge in [-0.05, 0) is 49.7 Å². The summed E-state index contributed by atoms with van der Waals surface area (Å²) in [5.74, 6) is 0.356. The number of nitrogens with zero attached hydrogens (tertiary/aromatic N) is 2. The van der Waals surface area contributed by atoms with Crippen LogP contribution in [0.25, 0.3) is 0 Å². The van der Waals surface area contributed by atoms with Gasteiger partial charge in [-0.15, -0.1) is 0 Å². The molecule has 1 aromatic heterocycles. The highest BCUT2D eigenvalue weighted by molar-refractivity contribution is 6.34. The van der Waals surface area contributed by atoms with Crippen molar-refractivity contribution >= 4 is 34.9 Å². The first kappa shape index (κ1) is 16.2. The topological polar surface area (TPSA) is 45.2 Å². The standard InChI is InChI=1S/C17H17Cl2N3O/c18-13-5-1-4-12(10-13)17(23)22(14-6-2-8-20-11-14)16-15(19)7-3-9-21-16/h1,3-5,7,9-10,14,20H,2,6,8,11H2/t14-/m1/s1. The van der Waals surface area contributed by atoms with Crippen LogP contribution < -0.4 is 10.2 Å². The normalized spacial score (nSPS) is 17.7. The van der Waals surface area contributed by atoms with Crippen LogP contribution in [0.15, 0.2) is 42.6 Å². The number of amides is 1. The molecule has 0 spiro atoms. The van der Waals surface area contributed by atoms with Crippen molar-refractivity contribution in [2.24, 2.45) is 0 Å². The Morgan fingerprint density at radius 3 is 2.83 bits per heavy atom. The fraction of sp³-hybridized carbons (Fsp3) is 0.294. The first-order valence-corrected chi connectivity index (χ1v) is 8.33. The average molecular weight is 350 g/mol. The summed E-state index contributed by atoms with van der Waals surface area (Å²) in [6.45, 7) is 1.69. The number of hydrogen-bond donors (Lipinski definition) is 1. The quantitative estimate of drug-likeness (QED) is 0.916. The Hall–Kier alpha value is -1.62. The molecule has 0 radical (unpaired) electrons. The molecule has 1 aliphatic rings. The molecule has 23 heavy (non-hydrogen) atoms. The van der Waals surface area contributed by atoms with Crippen molar-refractivity contribution in [1.82, 2.24) is 10.3 Å². The third-order valence-electron chi connectivity index (χ3n) is 3.89. The molecule has 120 valence electrons. The Labute approximate surface area is 145 Å². The van der Waals surface area contributed by atoms with E-state index in [1.165, 1.54) is 0 Å². The highest BCUT2D eigenvalue weighted by atomic mass is 35.5. The van der Waals surface area contributed by atoms with Crippen LogP contribution >= 0.6 is 23.2 Å². The molecule has 3 rings (SSSR count). The van der Waals surface area contributed by atoms with Gasteiger partial charge in [0.2, 0.25) is 0 Å². The smallest absolute Gasteiger partial charge is 0.259 e. The van der Waals surface area contributed by atoms with E-state index in [1.807, 2.05) is 0 Å². The Balaban J connectivity index is 2.01. The molecule has 4 nitrogen and oxygen atoms in total. The number of carbonyl (C=O) groups is 1. The minimum absolute atomic E-state index is 0.0163. The maximum atomic E-state index is 13.1. The van der Waals surface area contributed by atoms with Crippen molar-refractivity contribution in [3.05, 3.63) is 58.2 Å². The van der Waals surface area contributed by atoms with Crippen molar-refractivity contribution in [2.75, 3.05) is 18.0 Å². The molecule has 1 N–H and O–H groups in total. The molecule has 0 bridgehead atoms. The molecule has 0 aliphatic carbocycles. The van der Waals surface area contributed by atoms with Gasteiger partial charge in [0.1, 0.15) is 0 Å². The average Bonchev–Trinajstić information content (AvgIpc) is 2.58. The van der Waals surface area contributed by atoms with Crippen LogP contribution in [0.3, 0.4) is 0 Å². The summed E-state index contributed by atoms with van der Waals surface area (Å²) in [7, 11) is 0. The number of rotatable bonds is 3. The summed E-state index contributed by atoms with van der Waals surface area (Å²) in [6, 6.07) is 10.5. The first-order chi connectivity index (χ1) is 11.2. The number of anilines is 1. The summed E-state index contributed by atoms with van der Waals surface area (Å²) < 4.78 is 0. The van der Waals surface area contributed by atoms with Gasteiger partial charge in [0.25, 0.3) is 5.91 Å². The molecule has 1 saturated heterocycles. The number of pyridine rings is 1. The van der Waals surface area contributed by atoms with Crippen molar-refractivity contribution in [2.45, 2.75) is 18.9 Å². The zero-order chi connectivity index (χ0) is 16.2.